The summed E-state index contributed by atoms with van der Waals surface area (Å²) in [5.41, 5.74) is 0. The summed E-state index contributed by atoms with van der Waals surface area (Å²) in [6.45, 7) is 4.40. The molecule has 3 aliphatic rings. The highest BCUT2D eigenvalue weighted by Gasteiger charge is 2.43. The highest BCUT2D eigenvalue weighted by atomic mass is 32.2. The Morgan fingerprint density at radius 3 is 2.67 bits per heavy atom. The van der Waals surface area contributed by atoms with Crippen molar-refractivity contribution in [1.29, 1.82) is 0 Å². The minimum atomic E-state index is -3.33. The number of piperidine rings is 1. The van der Waals surface area contributed by atoms with Gasteiger partial charge in [0.15, 0.2) is 0 Å². The third-order valence-corrected chi connectivity index (χ3v) is 7.25. The van der Waals surface area contributed by atoms with E-state index in [1.807, 2.05) is 0 Å². The average Bonchev–Trinajstić information content (AvgIpc) is 3.07. The molecule has 21 heavy (non-hydrogen) atoms. The van der Waals surface area contributed by atoms with Crippen LogP contribution in [-0.2, 0) is 10.2 Å². The number of nitrogens with one attached hydrogen (secondary N) is 2. The van der Waals surface area contributed by atoms with Crippen molar-refractivity contribution >= 4 is 10.2 Å². The van der Waals surface area contributed by atoms with E-state index in [1.54, 1.807) is 4.31 Å². The maximum Gasteiger partial charge on any atom is 0.280 e. The molecule has 1 saturated heterocycles. The number of likely N-dealkylation sites (N-methyl/N-ethyl adjacent to an activating group) is 1. The molecule has 0 amide bonds. The van der Waals surface area contributed by atoms with Gasteiger partial charge in [0.2, 0.25) is 0 Å². The smallest absolute Gasteiger partial charge is 0.280 e. The first-order valence-corrected chi connectivity index (χ1v) is 10.0. The maximum absolute atomic E-state index is 12.8. The molecule has 0 spiro atoms. The highest BCUT2D eigenvalue weighted by Crippen LogP contribution is 2.44. The van der Waals surface area contributed by atoms with Gasteiger partial charge in [-0.15, -0.1) is 0 Å². The zero-order chi connectivity index (χ0) is 14.9. The lowest BCUT2D eigenvalue weighted by atomic mass is 9.96. The molecule has 5 nitrogen and oxygen atoms in total. The second kappa shape index (κ2) is 6.52. The number of rotatable bonds is 6. The van der Waals surface area contributed by atoms with Gasteiger partial charge in [0.1, 0.15) is 0 Å². The molecule has 4 unspecified atom stereocenters. The van der Waals surface area contributed by atoms with Gasteiger partial charge in [0.25, 0.3) is 10.2 Å². The predicted octanol–water partition coefficient (Wildman–Crippen LogP) is 1.47. The fraction of sp³-hybridized carbons (Fsp3) is 1.00. The normalized spacial score (nSPS) is 37.2. The molecule has 0 radical (unpaired) electrons. The van der Waals surface area contributed by atoms with Crippen LogP contribution in [0.15, 0.2) is 0 Å². The summed E-state index contributed by atoms with van der Waals surface area (Å²) < 4.78 is 30.3. The first-order valence-electron chi connectivity index (χ1n) is 8.60. The Morgan fingerprint density at radius 2 is 2.00 bits per heavy atom. The zero-order valence-electron chi connectivity index (χ0n) is 13.1. The Bertz CT molecular complexity index is 454. The van der Waals surface area contributed by atoms with Crippen LogP contribution in [0.4, 0.5) is 0 Å². The Labute approximate surface area is 129 Å². The first-order chi connectivity index (χ1) is 10.1. The number of hydrogen-bond donors (Lipinski definition) is 2. The minimum Gasteiger partial charge on any atom is -0.315 e. The van der Waals surface area contributed by atoms with E-state index in [-0.39, 0.29) is 12.1 Å². The lowest BCUT2D eigenvalue weighted by molar-refractivity contribution is 0.240. The summed E-state index contributed by atoms with van der Waals surface area (Å²) in [6.07, 6.45) is 7.89. The molecule has 2 N–H and O–H groups in total. The van der Waals surface area contributed by atoms with Crippen molar-refractivity contribution in [3.8, 4) is 0 Å². The van der Waals surface area contributed by atoms with Crippen LogP contribution < -0.4 is 10.0 Å². The minimum absolute atomic E-state index is 0.120. The summed E-state index contributed by atoms with van der Waals surface area (Å²) in [5.74, 6) is 1.35. The number of hydrogen-bond acceptors (Lipinski definition) is 3. The van der Waals surface area contributed by atoms with E-state index in [0.717, 1.165) is 44.7 Å². The molecule has 2 saturated carbocycles. The molecule has 2 aliphatic carbocycles. The lowest BCUT2D eigenvalue weighted by Gasteiger charge is -2.36. The molecule has 1 aliphatic heterocycles. The van der Waals surface area contributed by atoms with Crippen LogP contribution in [0.5, 0.6) is 0 Å². The third-order valence-electron chi connectivity index (χ3n) is 5.55. The molecular formula is C15H29N3O2S. The lowest BCUT2D eigenvalue weighted by Crippen LogP contribution is -2.54. The zero-order valence-corrected chi connectivity index (χ0v) is 13.9. The first kappa shape index (κ1) is 15.7. The Hall–Kier alpha value is -0.170. The molecule has 4 atom stereocenters. The van der Waals surface area contributed by atoms with Gasteiger partial charge in [-0.25, -0.2) is 0 Å². The fourth-order valence-electron chi connectivity index (χ4n) is 4.45. The van der Waals surface area contributed by atoms with Gasteiger partial charge in [-0.1, -0.05) is 19.8 Å². The monoisotopic (exact) mass is 315 g/mol. The largest absolute Gasteiger partial charge is 0.315 e. The van der Waals surface area contributed by atoms with E-state index in [2.05, 4.69) is 17.0 Å². The second-order valence-corrected chi connectivity index (χ2v) is 8.63. The van der Waals surface area contributed by atoms with Crippen LogP contribution in [-0.4, -0.2) is 44.4 Å². The second-order valence-electron chi connectivity index (χ2n) is 6.97. The Kier molecular flexibility index (Phi) is 4.88. The predicted molar refractivity (Wildman–Crippen MR) is 84.2 cm³/mol. The molecule has 2 bridgehead atoms. The quantitative estimate of drug-likeness (QED) is 0.780. The average molecular weight is 315 g/mol. The molecular weight excluding hydrogens is 286 g/mol. The summed E-state index contributed by atoms with van der Waals surface area (Å²) in [4.78, 5) is 0. The van der Waals surface area contributed by atoms with Crippen LogP contribution in [0.25, 0.3) is 0 Å². The maximum atomic E-state index is 12.8. The number of nitrogens with zero attached hydrogens (tertiary/aromatic N) is 1. The Morgan fingerprint density at radius 1 is 1.14 bits per heavy atom. The SMILES string of the molecule is CCNCC1CCCCN1S(=O)(=O)NC1CC2CCC1C2. The molecule has 6 heteroatoms. The Balaban J connectivity index is 1.64. The molecule has 0 aromatic rings. The van der Waals surface area contributed by atoms with E-state index >= 15 is 0 Å². The van der Waals surface area contributed by atoms with E-state index < -0.39 is 10.2 Å². The molecule has 0 aromatic heterocycles. The summed E-state index contributed by atoms with van der Waals surface area (Å²) in [7, 11) is -3.33. The third kappa shape index (κ3) is 3.44. The van der Waals surface area contributed by atoms with Gasteiger partial charge < -0.3 is 5.32 Å². The van der Waals surface area contributed by atoms with E-state index in [1.165, 1.54) is 19.3 Å². The van der Waals surface area contributed by atoms with Gasteiger partial charge in [0.05, 0.1) is 0 Å². The summed E-state index contributed by atoms with van der Waals surface area (Å²) in [6, 6.07) is 0.310. The van der Waals surface area contributed by atoms with Crippen molar-refractivity contribution in [2.75, 3.05) is 19.6 Å². The van der Waals surface area contributed by atoms with Gasteiger partial charge >= 0.3 is 0 Å². The molecule has 3 rings (SSSR count). The molecule has 1 heterocycles. The van der Waals surface area contributed by atoms with Gasteiger partial charge in [-0.2, -0.15) is 17.4 Å². The summed E-state index contributed by atoms with van der Waals surface area (Å²) in [5, 5.41) is 3.31. The van der Waals surface area contributed by atoms with Crippen molar-refractivity contribution in [3.63, 3.8) is 0 Å². The van der Waals surface area contributed by atoms with Crippen molar-refractivity contribution in [2.24, 2.45) is 11.8 Å². The van der Waals surface area contributed by atoms with E-state index in [4.69, 9.17) is 0 Å². The van der Waals surface area contributed by atoms with E-state index in [0.29, 0.717) is 12.5 Å². The van der Waals surface area contributed by atoms with E-state index in [9.17, 15) is 8.42 Å². The highest BCUT2D eigenvalue weighted by molar-refractivity contribution is 7.87. The molecule has 122 valence electrons. The van der Waals surface area contributed by atoms with Crippen molar-refractivity contribution in [3.05, 3.63) is 0 Å². The van der Waals surface area contributed by atoms with Gasteiger partial charge in [-0.05, 0) is 50.5 Å². The van der Waals surface area contributed by atoms with Gasteiger partial charge in [0, 0.05) is 25.2 Å². The summed E-state index contributed by atoms with van der Waals surface area (Å²) >= 11 is 0. The van der Waals surface area contributed by atoms with Crippen molar-refractivity contribution in [1.82, 2.24) is 14.3 Å². The molecule has 0 aromatic carbocycles. The van der Waals surface area contributed by atoms with Crippen LogP contribution in [0.1, 0.15) is 51.9 Å². The molecule has 3 fully saturated rings. The van der Waals surface area contributed by atoms with Crippen molar-refractivity contribution < 1.29 is 8.42 Å². The van der Waals surface area contributed by atoms with Crippen molar-refractivity contribution in [2.45, 2.75) is 64.0 Å². The van der Waals surface area contributed by atoms with Crippen LogP contribution >= 0.6 is 0 Å². The standard InChI is InChI=1S/C15H29N3O2S/c1-2-16-11-14-5-3-4-8-18(14)21(19,20)17-15-10-12-6-7-13(15)9-12/h12-17H,2-11H2,1H3. The topological polar surface area (TPSA) is 61.4 Å². The van der Waals surface area contributed by atoms with Gasteiger partial charge in [-0.3, -0.25) is 0 Å². The number of fused-ring (bicyclic) bond motifs is 2. The van der Waals surface area contributed by atoms with Crippen LogP contribution in [0, 0.1) is 11.8 Å². The van der Waals surface area contributed by atoms with Crippen LogP contribution in [0.3, 0.4) is 0 Å². The fourth-order valence-corrected chi connectivity index (χ4v) is 6.20. The van der Waals surface area contributed by atoms with Crippen LogP contribution in [0.2, 0.25) is 0 Å².